The van der Waals surface area contributed by atoms with E-state index in [0.29, 0.717) is 6.20 Å². The molecule has 0 radical (unpaired) electrons. The van der Waals surface area contributed by atoms with Crippen LogP contribution in [0.1, 0.15) is 18.1 Å². The van der Waals surface area contributed by atoms with Crippen molar-refractivity contribution in [1.82, 2.24) is 19.5 Å². The van der Waals surface area contributed by atoms with Gasteiger partial charge in [-0.25, -0.2) is 18.4 Å². The third-order valence-electron chi connectivity index (χ3n) is 5.06. The highest BCUT2D eigenvalue weighted by molar-refractivity contribution is 7.91. The Balaban J connectivity index is 2.11. The molecule has 0 amide bonds. The third-order valence-corrected chi connectivity index (χ3v) is 6.74. The minimum absolute atomic E-state index is 0.00849. The largest absolute Gasteiger partial charge is 0.418 e. The molecule has 0 saturated heterocycles. The Morgan fingerprint density at radius 2 is 1.78 bits per heavy atom. The molecular weight excluding hydrogens is 462 g/mol. The van der Waals surface area contributed by atoms with E-state index in [0.717, 1.165) is 18.2 Å². The first kappa shape index (κ1) is 22.1. The summed E-state index contributed by atoms with van der Waals surface area (Å²) in [5.41, 5.74) is -2.94. The minimum Gasteiger partial charge on any atom is -0.345 e. The maximum atomic E-state index is 13.5. The molecule has 3 aromatic heterocycles. The van der Waals surface area contributed by atoms with Gasteiger partial charge >= 0.3 is 12.4 Å². The van der Waals surface area contributed by atoms with Gasteiger partial charge in [0.05, 0.1) is 28.0 Å². The summed E-state index contributed by atoms with van der Waals surface area (Å²) in [5.74, 6) is -0.557. The lowest BCUT2D eigenvalue weighted by atomic mass is 10.1. The first-order valence-corrected chi connectivity index (χ1v) is 10.8. The van der Waals surface area contributed by atoms with Gasteiger partial charge in [0.1, 0.15) is 16.4 Å². The van der Waals surface area contributed by atoms with Crippen LogP contribution >= 0.6 is 0 Å². The number of imidazole rings is 1. The highest BCUT2D eigenvalue weighted by Crippen LogP contribution is 2.41. The number of hydrogen-bond donors (Lipinski definition) is 1. The SMILES string of the molecule is CCS(=O)(=O)c1[nH]c2c(C(F)(F)F)cccc2c1-c1nc2cc(C(F)(F)F)cnc2n1C. The fourth-order valence-corrected chi connectivity index (χ4v) is 4.54. The van der Waals surface area contributed by atoms with Crippen LogP contribution in [-0.2, 0) is 29.2 Å². The van der Waals surface area contributed by atoms with Crippen molar-refractivity contribution in [3.63, 3.8) is 0 Å². The molecule has 3 heterocycles. The van der Waals surface area contributed by atoms with E-state index in [1.54, 1.807) is 0 Å². The molecule has 0 fully saturated rings. The van der Waals surface area contributed by atoms with Crippen molar-refractivity contribution < 1.29 is 34.8 Å². The van der Waals surface area contributed by atoms with Crippen molar-refractivity contribution in [3.05, 3.63) is 41.6 Å². The molecule has 0 aliphatic carbocycles. The number of H-pyrrole nitrogens is 1. The summed E-state index contributed by atoms with van der Waals surface area (Å²) < 4.78 is 106. The molecule has 13 heteroatoms. The van der Waals surface area contributed by atoms with Gasteiger partial charge < -0.3 is 9.55 Å². The molecule has 0 atom stereocenters. The number of aromatic amines is 1. The topological polar surface area (TPSA) is 80.6 Å². The molecule has 0 aliphatic heterocycles. The summed E-state index contributed by atoms with van der Waals surface area (Å²) in [6.45, 7) is 1.32. The summed E-state index contributed by atoms with van der Waals surface area (Å²) in [4.78, 5) is 10.3. The van der Waals surface area contributed by atoms with Crippen LogP contribution in [0.15, 0.2) is 35.5 Å². The van der Waals surface area contributed by atoms with Crippen LogP contribution in [0, 0.1) is 0 Å². The molecule has 1 N–H and O–H groups in total. The fourth-order valence-electron chi connectivity index (χ4n) is 3.48. The van der Waals surface area contributed by atoms with Gasteiger partial charge in [0.2, 0.25) is 0 Å². The van der Waals surface area contributed by atoms with Crippen LogP contribution in [0.4, 0.5) is 26.3 Å². The van der Waals surface area contributed by atoms with E-state index in [-0.39, 0.29) is 27.9 Å². The number of sulfone groups is 1. The van der Waals surface area contributed by atoms with Crippen LogP contribution < -0.4 is 0 Å². The lowest BCUT2D eigenvalue weighted by Gasteiger charge is -2.08. The van der Waals surface area contributed by atoms with Gasteiger partial charge in [-0.1, -0.05) is 19.1 Å². The molecular formula is C19H14F6N4O2S. The van der Waals surface area contributed by atoms with Crippen molar-refractivity contribution in [3.8, 4) is 11.4 Å². The zero-order chi connectivity index (χ0) is 23.6. The van der Waals surface area contributed by atoms with Crippen molar-refractivity contribution in [2.24, 2.45) is 7.05 Å². The highest BCUT2D eigenvalue weighted by atomic mass is 32.2. The number of nitrogens with zero attached hydrogens (tertiary/aromatic N) is 3. The van der Waals surface area contributed by atoms with Crippen molar-refractivity contribution in [1.29, 1.82) is 0 Å². The van der Waals surface area contributed by atoms with E-state index >= 15 is 0 Å². The highest BCUT2D eigenvalue weighted by Gasteiger charge is 2.36. The average Bonchev–Trinajstić information content (AvgIpc) is 3.24. The van der Waals surface area contributed by atoms with E-state index in [1.165, 1.54) is 24.6 Å². The first-order valence-electron chi connectivity index (χ1n) is 9.10. The Bertz CT molecular complexity index is 1470. The van der Waals surface area contributed by atoms with Crippen LogP contribution in [-0.4, -0.2) is 33.7 Å². The molecule has 0 bridgehead atoms. The standard InChI is InChI=1S/C19H14F6N4O2S/c1-3-32(30,31)17-13(10-5-4-6-11(14(10)28-17)19(23,24)25)16-27-12-7-9(18(20,21)22)8-26-15(12)29(16)2/h4-8,28H,3H2,1-2H3. The number of fused-ring (bicyclic) bond motifs is 2. The maximum Gasteiger partial charge on any atom is 0.418 e. The maximum absolute atomic E-state index is 13.5. The zero-order valence-corrected chi connectivity index (χ0v) is 17.2. The number of para-hydroxylation sites is 1. The molecule has 32 heavy (non-hydrogen) atoms. The van der Waals surface area contributed by atoms with Crippen LogP contribution in [0.25, 0.3) is 33.5 Å². The van der Waals surface area contributed by atoms with E-state index in [9.17, 15) is 34.8 Å². The molecule has 0 spiro atoms. The van der Waals surface area contributed by atoms with Crippen LogP contribution in [0.5, 0.6) is 0 Å². The number of halogens is 6. The van der Waals surface area contributed by atoms with Crippen LogP contribution in [0.3, 0.4) is 0 Å². The second-order valence-electron chi connectivity index (χ2n) is 7.02. The molecule has 0 unspecified atom stereocenters. The van der Waals surface area contributed by atoms with E-state index in [2.05, 4.69) is 15.0 Å². The molecule has 4 aromatic rings. The number of aryl methyl sites for hydroxylation is 1. The van der Waals surface area contributed by atoms with Gasteiger partial charge in [-0.3, -0.25) is 0 Å². The zero-order valence-electron chi connectivity index (χ0n) is 16.4. The third kappa shape index (κ3) is 3.40. The second-order valence-corrected chi connectivity index (χ2v) is 9.23. The van der Waals surface area contributed by atoms with Gasteiger partial charge in [0, 0.05) is 18.6 Å². The summed E-state index contributed by atoms with van der Waals surface area (Å²) in [5, 5.41) is -0.581. The molecule has 4 rings (SSSR count). The smallest absolute Gasteiger partial charge is 0.345 e. The summed E-state index contributed by atoms with van der Waals surface area (Å²) in [6.07, 6.45) is -8.85. The summed E-state index contributed by atoms with van der Waals surface area (Å²) in [6, 6.07) is 3.96. The van der Waals surface area contributed by atoms with E-state index in [1.807, 2.05) is 0 Å². The Morgan fingerprint density at radius 3 is 2.38 bits per heavy atom. The number of benzene rings is 1. The lowest BCUT2D eigenvalue weighted by molar-refractivity contribution is -0.138. The lowest BCUT2D eigenvalue weighted by Crippen LogP contribution is -2.07. The fraction of sp³-hybridized carbons (Fsp3) is 0.263. The Morgan fingerprint density at radius 1 is 1.09 bits per heavy atom. The van der Waals surface area contributed by atoms with Crippen LogP contribution in [0.2, 0.25) is 0 Å². The predicted octanol–water partition coefficient (Wildman–Crippen LogP) is 4.95. The van der Waals surface area contributed by atoms with Crippen molar-refractivity contribution in [2.45, 2.75) is 24.3 Å². The second kappa shape index (κ2) is 6.95. The van der Waals surface area contributed by atoms with E-state index < -0.39 is 49.6 Å². The van der Waals surface area contributed by atoms with Gasteiger partial charge in [-0.05, 0) is 12.1 Å². The quantitative estimate of drug-likeness (QED) is 0.425. The van der Waals surface area contributed by atoms with E-state index in [4.69, 9.17) is 0 Å². The number of alkyl halides is 6. The Labute approximate surface area is 176 Å². The normalized spacial score (nSPS) is 13.4. The molecule has 0 saturated carbocycles. The summed E-state index contributed by atoms with van der Waals surface area (Å²) in [7, 11) is -2.67. The van der Waals surface area contributed by atoms with Gasteiger partial charge in [-0.15, -0.1) is 0 Å². The minimum atomic E-state index is -4.77. The molecule has 1 aromatic carbocycles. The van der Waals surface area contributed by atoms with Gasteiger partial charge in [0.15, 0.2) is 15.5 Å². The Hall–Kier alpha value is -3.09. The predicted molar refractivity (Wildman–Crippen MR) is 104 cm³/mol. The van der Waals surface area contributed by atoms with Crippen molar-refractivity contribution >= 4 is 31.9 Å². The number of aromatic nitrogens is 4. The molecule has 6 nitrogen and oxygen atoms in total. The number of pyridine rings is 1. The number of hydrogen-bond acceptors (Lipinski definition) is 4. The van der Waals surface area contributed by atoms with Crippen molar-refractivity contribution in [2.75, 3.05) is 5.75 Å². The average molecular weight is 476 g/mol. The van der Waals surface area contributed by atoms with Gasteiger partial charge in [0.25, 0.3) is 0 Å². The van der Waals surface area contributed by atoms with Gasteiger partial charge in [-0.2, -0.15) is 26.3 Å². The number of nitrogens with one attached hydrogen (secondary N) is 1. The Kier molecular flexibility index (Phi) is 4.81. The monoisotopic (exact) mass is 476 g/mol. The first-order chi connectivity index (χ1) is 14.8. The number of rotatable bonds is 3. The molecule has 0 aliphatic rings. The molecule has 170 valence electrons. The summed E-state index contributed by atoms with van der Waals surface area (Å²) >= 11 is 0.